The summed E-state index contributed by atoms with van der Waals surface area (Å²) in [5.74, 6) is 0.0573. The Morgan fingerprint density at radius 1 is 1.19 bits per heavy atom. The highest BCUT2D eigenvalue weighted by atomic mass is 16.5. The zero-order chi connectivity index (χ0) is 14.8. The summed E-state index contributed by atoms with van der Waals surface area (Å²) in [4.78, 5) is 12.1. The molecule has 106 valence electrons. The number of carbonyl (C=O) groups is 1. The largest absolute Gasteiger partial charge is 0.462 e. The van der Waals surface area contributed by atoms with E-state index in [4.69, 9.17) is 9.26 Å². The van der Waals surface area contributed by atoms with Crippen molar-refractivity contribution >= 4 is 16.7 Å². The second-order valence-electron chi connectivity index (χ2n) is 4.72. The van der Waals surface area contributed by atoms with E-state index >= 15 is 0 Å². The van der Waals surface area contributed by atoms with Crippen LogP contribution in [-0.4, -0.2) is 17.7 Å². The van der Waals surface area contributed by atoms with E-state index in [-0.39, 0.29) is 0 Å². The summed E-state index contributed by atoms with van der Waals surface area (Å²) in [5, 5.41) is 6.02. The smallest absolute Gasteiger partial charge is 0.344 e. The average molecular weight is 281 g/mol. The zero-order valence-corrected chi connectivity index (χ0v) is 11.9. The van der Waals surface area contributed by atoms with Crippen LogP contribution in [0.25, 0.3) is 22.1 Å². The molecule has 0 bridgehead atoms. The Morgan fingerprint density at radius 2 is 1.95 bits per heavy atom. The SMILES string of the molecule is CCOC(=O)c1c(C)noc1-c1cccc2ccccc12. The molecule has 0 fully saturated rings. The molecule has 0 radical (unpaired) electrons. The van der Waals surface area contributed by atoms with Gasteiger partial charge in [0.25, 0.3) is 0 Å². The van der Waals surface area contributed by atoms with Crippen molar-refractivity contribution in [3.8, 4) is 11.3 Å². The van der Waals surface area contributed by atoms with Crippen molar-refractivity contribution in [1.29, 1.82) is 0 Å². The fourth-order valence-electron chi connectivity index (χ4n) is 2.42. The summed E-state index contributed by atoms with van der Waals surface area (Å²) in [5.41, 5.74) is 1.78. The number of benzene rings is 2. The van der Waals surface area contributed by atoms with Gasteiger partial charge in [0.05, 0.1) is 12.3 Å². The lowest BCUT2D eigenvalue weighted by Gasteiger charge is -2.06. The molecule has 0 saturated carbocycles. The quantitative estimate of drug-likeness (QED) is 0.681. The Labute approximate surface area is 122 Å². The van der Waals surface area contributed by atoms with Gasteiger partial charge < -0.3 is 9.26 Å². The molecular weight excluding hydrogens is 266 g/mol. The van der Waals surface area contributed by atoms with E-state index in [0.29, 0.717) is 23.6 Å². The van der Waals surface area contributed by atoms with E-state index in [1.54, 1.807) is 13.8 Å². The lowest BCUT2D eigenvalue weighted by atomic mass is 10.00. The van der Waals surface area contributed by atoms with Gasteiger partial charge in [-0.2, -0.15) is 0 Å². The molecule has 3 aromatic rings. The van der Waals surface area contributed by atoms with Crippen LogP contribution in [0.1, 0.15) is 23.0 Å². The van der Waals surface area contributed by atoms with Crippen LogP contribution in [0.3, 0.4) is 0 Å². The van der Waals surface area contributed by atoms with Crippen molar-refractivity contribution in [2.24, 2.45) is 0 Å². The van der Waals surface area contributed by atoms with E-state index in [0.717, 1.165) is 16.3 Å². The van der Waals surface area contributed by atoms with Gasteiger partial charge in [-0.3, -0.25) is 0 Å². The molecule has 0 saturated heterocycles. The van der Waals surface area contributed by atoms with E-state index in [1.807, 2.05) is 42.5 Å². The molecule has 4 nitrogen and oxygen atoms in total. The number of aryl methyl sites for hydroxylation is 1. The van der Waals surface area contributed by atoms with Crippen molar-refractivity contribution in [1.82, 2.24) is 5.16 Å². The minimum absolute atomic E-state index is 0.318. The predicted molar refractivity (Wildman–Crippen MR) is 80.1 cm³/mol. The number of ether oxygens (including phenoxy) is 1. The Morgan fingerprint density at radius 3 is 2.76 bits per heavy atom. The molecule has 21 heavy (non-hydrogen) atoms. The Hall–Kier alpha value is -2.62. The number of nitrogens with zero attached hydrogens (tertiary/aromatic N) is 1. The lowest BCUT2D eigenvalue weighted by Crippen LogP contribution is -2.06. The number of carbonyl (C=O) groups excluding carboxylic acids is 1. The van der Waals surface area contributed by atoms with Gasteiger partial charge in [-0.1, -0.05) is 47.6 Å². The van der Waals surface area contributed by atoms with Gasteiger partial charge in [-0.05, 0) is 24.6 Å². The number of esters is 1. The van der Waals surface area contributed by atoms with Crippen molar-refractivity contribution in [3.63, 3.8) is 0 Å². The van der Waals surface area contributed by atoms with Crippen LogP contribution in [0.2, 0.25) is 0 Å². The Bertz CT molecular complexity index is 799. The van der Waals surface area contributed by atoms with Crippen LogP contribution < -0.4 is 0 Å². The summed E-state index contributed by atoms with van der Waals surface area (Å²) < 4.78 is 10.5. The first-order valence-corrected chi connectivity index (χ1v) is 6.84. The van der Waals surface area contributed by atoms with Crippen LogP contribution in [0.15, 0.2) is 47.0 Å². The highest BCUT2D eigenvalue weighted by Crippen LogP contribution is 2.32. The molecule has 2 aromatic carbocycles. The summed E-state index contributed by atoms with van der Waals surface area (Å²) in [6, 6.07) is 13.8. The number of rotatable bonds is 3. The summed E-state index contributed by atoms with van der Waals surface area (Å²) in [6.07, 6.45) is 0. The topological polar surface area (TPSA) is 52.3 Å². The minimum Gasteiger partial charge on any atom is -0.462 e. The van der Waals surface area contributed by atoms with Gasteiger partial charge in [0.1, 0.15) is 5.56 Å². The van der Waals surface area contributed by atoms with Crippen molar-refractivity contribution < 1.29 is 14.1 Å². The Kier molecular flexibility index (Phi) is 3.44. The molecule has 0 atom stereocenters. The first-order valence-electron chi connectivity index (χ1n) is 6.84. The monoisotopic (exact) mass is 281 g/mol. The van der Waals surface area contributed by atoms with Crippen LogP contribution >= 0.6 is 0 Å². The number of aromatic nitrogens is 1. The van der Waals surface area contributed by atoms with Gasteiger partial charge in [0.2, 0.25) is 0 Å². The molecule has 1 aromatic heterocycles. The van der Waals surface area contributed by atoms with E-state index < -0.39 is 5.97 Å². The lowest BCUT2D eigenvalue weighted by molar-refractivity contribution is 0.0526. The molecule has 0 amide bonds. The molecule has 0 spiro atoms. The summed E-state index contributed by atoms with van der Waals surface area (Å²) in [7, 11) is 0. The van der Waals surface area contributed by atoms with E-state index in [9.17, 15) is 4.79 Å². The van der Waals surface area contributed by atoms with Gasteiger partial charge in [0.15, 0.2) is 5.76 Å². The molecule has 0 aliphatic heterocycles. The molecular formula is C17H15NO3. The van der Waals surface area contributed by atoms with Gasteiger partial charge in [0, 0.05) is 5.56 Å². The molecule has 3 rings (SSSR count). The third-order valence-electron chi connectivity index (χ3n) is 3.38. The maximum absolute atomic E-state index is 12.1. The van der Waals surface area contributed by atoms with Crippen LogP contribution in [0, 0.1) is 6.92 Å². The molecule has 0 N–H and O–H groups in total. The normalized spacial score (nSPS) is 10.8. The molecule has 0 aliphatic carbocycles. The van der Waals surface area contributed by atoms with E-state index in [1.165, 1.54) is 0 Å². The van der Waals surface area contributed by atoms with Crippen molar-refractivity contribution in [2.45, 2.75) is 13.8 Å². The highest BCUT2D eigenvalue weighted by Gasteiger charge is 2.23. The van der Waals surface area contributed by atoms with Gasteiger partial charge in [-0.25, -0.2) is 4.79 Å². The van der Waals surface area contributed by atoms with Gasteiger partial charge in [-0.15, -0.1) is 0 Å². The first kappa shape index (κ1) is 13.4. The summed E-state index contributed by atoms with van der Waals surface area (Å²) in [6.45, 7) is 3.83. The fourth-order valence-corrected chi connectivity index (χ4v) is 2.42. The van der Waals surface area contributed by atoms with Crippen LogP contribution in [-0.2, 0) is 4.74 Å². The standard InChI is InChI=1S/C17H15NO3/c1-3-20-17(19)15-11(2)18-21-16(15)14-10-6-8-12-7-4-5-9-13(12)14/h4-10H,3H2,1-2H3. The summed E-state index contributed by atoms with van der Waals surface area (Å²) >= 11 is 0. The third-order valence-corrected chi connectivity index (χ3v) is 3.38. The number of fused-ring (bicyclic) bond motifs is 1. The highest BCUT2D eigenvalue weighted by molar-refractivity contribution is 6.03. The number of hydrogen-bond donors (Lipinski definition) is 0. The first-order chi connectivity index (χ1) is 10.2. The fraction of sp³-hybridized carbons (Fsp3) is 0.176. The maximum atomic E-state index is 12.1. The number of hydrogen-bond acceptors (Lipinski definition) is 4. The van der Waals surface area contributed by atoms with Crippen molar-refractivity contribution in [2.75, 3.05) is 6.61 Å². The molecule has 0 aliphatic rings. The third kappa shape index (κ3) is 2.29. The average Bonchev–Trinajstić information content (AvgIpc) is 2.88. The second kappa shape index (κ2) is 5.40. The zero-order valence-electron chi connectivity index (χ0n) is 11.9. The van der Waals surface area contributed by atoms with Crippen LogP contribution in [0.4, 0.5) is 0 Å². The predicted octanol–water partition coefficient (Wildman–Crippen LogP) is 3.98. The van der Waals surface area contributed by atoms with E-state index in [2.05, 4.69) is 5.16 Å². The maximum Gasteiger partial charge on any atom is 0.344 e. The van der Waals surface area contributed by atoms with Gasteiger partial charge >= 0.3 is 5.97 Å². The minimum atomic E-state index is -0.404. The molecule has 1 heterocycles. The second-order valence-corrected chi connectivity index (χ2v) is 4.72. The Balaban J connectivity index is 2.22. The molecule has 4 heteroatoms. The van der Waals surface area contributed by atoms with Crippen molar-refractivity contribution in [3.05, 3.63) is 53.7 Å². The van der Waals surface area contributed by atoms with Crippen LogP contribution in [0.5, 0.6) is 0 Å². The molecule has 0 unspecified atom stereocenters.